The lowest BCUT2D eigenvalue weighted by Gasteiger charge is -2.02. The Labute approximate surface area is 123 Å². The highest BCUT2D eigenvalue weighted by molar-refractivity contribution is 5.83. The van der Waals surface area contributed by atoms with Crippen LogP contribution < -0.4 is 23.0 Å². The molecule has 20 heavy (non-hydrogen) atoms. The van der Waals surface area contributed by atoms with E-state index in [0.29, 0.717) is 0 Å². The Bertz CT molecular complexity index is 638. The Hall–Kier alpha value is -1.75. The smallest absolute Gasteiger partial charge is 0.202 e. The molecule has 0 radical (unpaired) electrons. The maximum Gasteiger partial charge on any atom is 0.202 e. The van der Waals surface area contributed by atoms with E-state index >= 15 is 0 Å². The minimum absolute atomic E-state index is 0. The number of hydrogen-bond acceptors (Lipinski definition) is 1. The average molecular weight is 293 g/mol. The summed E-state index contributed by atoms with van der Waals surface area (Å²) < 4.78 is 12.8. The standard InChI is InChI=1S/C15H14FN3.ClH/c1-10-18-14-7-6-13(8-15(14)19-10)17-9-11-2-4-12(16)5-3-11;/h2-8,17H,9H2,1H3,(H,18,19);1H/p+1. The third-order valence-corrected chi connectivity index (χ3v) is 3.20. The Morgan fingerprint density at radius 2 is 1.90 bits per heavy atom. The summed E-state index contributed by atoms with van der Waals surface area (Å²) in [6, 6.07) is 12.9. The molecular weight excluding hydrogens is 277 g/mol. The first-order valence-electron chi connectivity index (χ1n) is 6.32. The summed E-state index contributed by atoms with van der Waals surface area (Å²) in [6.07, 6.45) is 0. The number of hydrogen-bond donors (Lipinski definition) is 2. The van der Waals surface area contributed by atoms with Crippen molar-refractivity contribution in [3.63, 3.8) is 0 Å². The molecule has 3 nitrogen and oxygen atoms in total. The first-order chi connectivity index (χ1) is 9.20. The van der Waals surface area contributed by atoms with Crippen molar-refractivity contribution in [2.45, 2.75) is 13.5 Å². The molecule has 5 heteroatoms. The highest BCUT2D eigenvalue weighted by Crippen LogP contribution is 2.25. The zero-order valence-corrected chi connectivity index (χ0v) is 11.9. The highest BCUT2D eigenvalue weighted by atomic mass is 35.5. The van der Waals surface area contributed by atoms with Crippen LogP contribution in [0.3, 0.4) is 0 Å². The van der Waals surface area contributed by atoms with Crippen LogP contribution in [-0.2, 0) is 6.54 Å². The zero-order chi connectivity index (χ0) is 13.2. The number of quaternary nitrogens is 2. The Kier molecular flexibility index (Phi) is 4.49. The van der Waals surface area contributed by atoms with Crippen LogP contribution in [0.25, 0.3) is 0 Å². The lowest BCUT2D eigenvalue weighted by Crippen LogP contribution is -3.00. The minimum atomic E-state index is -0.193. The van der Waals surface area contributed by atoms with Crippen LogP contribution in [0.2, 0.25) is 0 Å². The minimum Gasteiger partial charge on any atom is -1.00 e. The van der Waals surface area contributed by atoms with E-state index in [9.17, 15) is 4.39 Å². The number of nitrogens with two attached hydrogens (primary N) is 2. The van der Waals surface area contributed by atoms with Gasteiger partial charge in [-0.2, -0.15) is 4.99 Å². The van der Waals surface area contributed by atoms with Crippen molar-refractivity contribution in [3.05, 3.63) is 53.8 Å². The van der Waals surface area contributed by atoms with E-state index in [0.717, 1.165) is 29.3 Å². The van der Waals surface area contributed by atoms with Crippen molar-refractivity contribution in [3.8, 4) is 0 Å². The van der Waals surface area contributed by atoms with Crippen LogP contribution in [0.15, 0.2) is 47.5 Å². The molecule has 1 aliphatic heterocycles. The molecule has 2 aromatic carbocycles. The quantitative estimate of drug-likeness (QED) is 0.646. The molecule has 4 N–H and O–H groups in total. The molecule has 0 saturated heterocycles. The van der Waals surface area contributed by atoms with Gasteiger partial charge in [0, 0.05) is 30.7 Å². The van der Waals surface area contributed by atoms with Gasteiger partial charge in [-0.15, -0.1) is 0 Å². The van der Waals surface area contributed by atoms with Crippen LogP contribution in [-0.4, -0.2) is 5.84 Å². The van der Waals surface area contributed by atoms with Crippen molar-refractivity contribution in [1.29, 1.82) is 0 Å². The van der Waals surface area contributed by atoms with Gasteiger partial charge in [-0.1, -0.05) is 12.1 Å². The highest BCUT2D eigenvalue weighted by Gasteiger charge is 2.16. The fourth-order valence-electron chi connectivity index (χ4n) is 2.21. The topological polar surface area (TPSA) is 45.6 Å². The average Bonchev–Trinajstić information content (AvgIpc) is 2.77. The van der Waals surface area contributed by atoms with Gasteiger partial charge in [0.05, 0.1) is 0 Å². The van der Waals surface area contributed by atoms with E-state index in [4.69, 9.17) is 0 Å². The molecule has 104 valence electrons. The molecule has 0 aliphatic carbocycles. The summed E-state index contributed by atoms with van der Waals surface area (Å²) in [5.41, 5.74) is 4.46. The van der Waals surface area contributed by atoms with Gasteiger partial charge in [0.1, 0.15) is 23.7 Å². The van der Waals surface area contributed by atoms with Crippen molar-refractivity contribution in [2.75, 3.05) is 0 Å². The van der Waals surface area contributed by atoms with Gasteiger partial charge in [0.25, 0.3) is 0 Å². The van der Waals surface area contributed by atoms with E-state index in [1.165, 1.54) is 17.8 Å². The van der Waals surface area contributed by atoms with Gasteiger partial charge in [-0.05, 0) is 12.1 Å². The number of fused-ring (bicyclic) bond motifs is 1. The van der Waals surface area contributed by atoms with Crippen LogP contribution in [0.5, 0.6) is 0 Å². The summed E-state index contributed by atoms with van der Waals surface area (Å²) in [5, 5.41) is 4.22. The fraction of sp³-hybridized carbons (Fsp3) is 0.133. The van der Waals surface area contributed by atoms with E-state index in [2.05, 4.69) is 33.8 Å². The van der Waals surface area contributed by atoms with Crippen LogP contribution in [0.1, 0.15) is 12.5 Å². The maximum atomic E-state index is 12.8. The van der Waals surface area contributed by atoms with E-state index in [-0.39, 0.29) is 18.2 Å². The summed E-state index contributed by atoms with van der Waals surface area (Å²) in [6.45, 7) is 2.80. The molecule has 0 spiro atoms. The van der Waals surface area contributed by atoms with Gasteiger partial charge in [0.2, 0.25) is 5.84 Å². The molecule has 0 bridgehead atoms. The normalized spacial score (nSPS) is 12.6. The van der Waals surface area contributed by atoms with Gasteiger partial charge in [-0.25, -0.2) is 4.39 Å². The number of amidine groups is 1. The van der Waals surface area contributed by atoms with Gasteiger partial charge in [0.15, 0.2) is 5.69 Å². The van der Waals surface area contributed by atoms with Gasteiger partial charge in [-0.3, -0.25) is 5.32 Å². The van der Waals surface area contributed by atoms with Crippen molar-refractivity contribution >= 4 is 22.9 Å². The lowest BCUT2D eigenvalue weighted by molar-refractivity contribution is -0.588. The second-order valence-corrected chi connectivity index (χ2v) is 4.75. The van der Waals surface area contributed by atoms with Crippen molar-refractivity contribution in [1.82, 2.24) is 0 Å². The zero-order valence-electron chi connectivity index (χ0n) is 11.1. The molecule has 0 unspecified atom stereocenters. The van der Waals surface area contributed by atoms with E-state index in [1.807, 2.05) is 19.1 Å². The molecule has 3 rings (SSSR count). The number of nitrogens with zero attached hydrogens (tertiary/aromatic N) is 1. The third kappa shape index (κ3) is 3.22. The molecule has 1 aliphatic rings. The molecule has 0 atom stereocenters. The summed E-state index contributed by atoms with van der Waals surface area (Å²) in [5.74, 6) is 0.854. The van der Waals surface area contributed by atoms with Gasteiger partial charge < -0.3 is 17.7 Å². The van der Waals surface area contributed by atoms with Crippen molar-refractivity contribution < 1.29 is 27.4 Å². The second-order valence-electron chi connectivity index (χ2n) is 4.75. The number of aliphatic imine (C=N–C) groups is 1. The van der Waals surface area contributed by atoms with Crippen LogP contribution >= 0.6 is 0 Å². The first-order valence-corrected chi connectivity index (χ1v) is 6.32. The molecule has 2 aromatic rings. The lowest BCUT2D eigenvalue weighted by atomic mass is 10.2. The predicted octanol–water partition coefficient (Wildman–Crippen LogP) is -1.52. The Morgan fingerprint density at radius 3 is 2.65 bits per heavy atom. The van der Waals surface area contributed by atoms with Crippen LogP contribution in [0, 0.1) is 5.82 Å². The molecule has 1 heterocycles. The van der Waals surface area contributed by atoms with Gasteiger partial charge >= 0.3 is 0 Å². The summed E-state index contributed by atoms with van der Waals surface area (Å²) in [4.78, 5) is 4.47. The van der Waals surface area contributed by atoms with E-state index in [1.54, 1.807) is 0 Å². The Morgan fingerprint density at radius 1 is 1.15 bits per heavy atom. The maximum absolute atomic E-state index is 12.8. The molecule has 0 amide bonds. The van der Waals surface area contributed by atoms with E-state index < -0.39 is 0 Å². The molecule has 0 fully saturated rings. The third-order valence-electron chi connectivity index (χ3n) is 3.20. The number of halogens is 2. The fourth-order valence-corrected chi connectivity index (χ4v) is 2.21. The summed E-state index contributed by atoms with van der Waals surface area (Å²) >= 11 is 0. The molecular formula is C15H16ClFN3+. The molecule has 0 aromatic heterocycles. The van der Waals surface area contributed by atoms with Crippen molar-refractivity contribution in [2.24, 2.45) is 4.99 Å². The monoisotopic (exact) mass is 292 g/mol. The largest absolute Gasteiger partial charge is 1.00 e. The molecule has 0 saturated carbocycles. The number of rotatable bonds is 3. The van der Waals surface area contributed by atoms with Crippen LogP contribution in [0.4, 0.5) is 21.5 Å². The predicted molar refractivity (Wildman–Crippen MR) is 72.5 cm³/mol. The number of benzene rings is 2. The SMILES string of the molecule is CC1=Nc2cc([NH2+]Cc3ccc(F)cc3)ccc2[NH2+]1.[Cl-]. The summed E-state index contributed by atoms with van der Waals surface area (Å²) in [7, 11) is 0. The first kappa shape index (κ1) is 14.7. The Balaban J connectivity index is 0.00000147. The second kappa shape index (κ2) is 6.13.